The Balaban J connectivity index is 1.57. The first-order valence-electron chi connectivity index (χ1n) is 10.1. The summed E-state index contributed by atoms with van der Waals surface area (Å²) in [5.74, 6) is -2.45. The number of amides is 2. The van der Waals surface area contributed by atoms with Crippen molar-refractivity contribution in [3.8, 4) is 11.1 Å². The van der Waals surface area contributed by atoms with Gasteiger partial charge in [-0.15, -0.1) is 0 Å². The number of nitrogens with one attached hydrogen (secondary N) is 1. The molecular weight excluding hydrogens is 418 g/mol. The standard InChI is InChI=1S/C23H20F2N4O3/c24-17-2-1-3-18(25)21(17)14-4-9-27-19(12-14)22(31)28-20-13-26-8-5-16(20)23(32)29-10-6-15(30)7-11-29/h1-5,8-9,12-13,15,30H,6-7,10-11H2,(H,28,31). The molecule has 0 atom stereocenters. The van der Waals surface area contributed by atoms with Gasteiger partial charge in [0.1, 0.15) is 17.3 Å². The number of rotatable bonds is 4. The highest BCUT2D eigenvalue weighted by molar-refractivity contribution is 6.08. The van der Waals surface area contributed by atoms with E-state index in [0.29, 0.717) is 25.9 Å². The van der Waals surface area contributed by atoms with Gasteiger partial charge in [0.25, 0.3) is 11.8 Å². The average molecular weight is 438 g/mol. The van der Waals surface area contributed by atoms with Gasteiger partial charge in [-0.2, -0.15) is 0 Å². The first kappa shape index (κ1) is 21.5. The van der Waals surface area contributed by atoms with Crippen LogP contribution < -0.4 is 5.32 Å². The summed E-state index contributed by atoms with van der Waals surface area (Å²) in [6, 6.07) is 7.70. The SMILES string of the molecule is O=C(Nc1cnccc1C(=O)N1CCC(O)CC1)c1cc(-c2c(F)cccc2F)ccn1. The molecule has 0 bridgehead atoms. The van der Waals surface area contributed by atoms with E-state index in [0.717, 1.165) is 12.1 Å². The fourth-order valence-corrected chi connectivity index (χ4v) is 3.59. The molecule has 1 aliphatic rings. The fraction of sp³-hybridized carbons (Fsp3) is 0.217. The summed E-state index contributed by atoms with van der Waals surface area (Å²) in [5, 5.41) is 12.3. The predicted molar refractivity (Wildman–Crippen MR) is 113 cm³/mol. The van der Waals surface area contributed by atoms with E-state index in [-0.39, 0.29) is 34.0 Å². The molecule has 0 saturated carbocycles. The molecule has 2 N–H and O–H groups in total. The quantitative estimate of drug-likeness (QED) is 0.652. The molecule has 1 aromatic carbocycles. The van der Waals surface area contributed by atoms with Gasteiger partial charge in [-0.1, -0.05) is 6.07 Å². The van der Waals surface area contributed by atoms with Crippen molar-refractivity contribution in [2.45, 2.75) is 18.9 Å². The number of aromatic nitrogens is 2. The Morgan fingerprint density at radius 2 is 1.78 bits per heavy atom. The minimum Gasteiger partial charge on any atom is -0.393 e. The molecule has 3 heterocycles. The highest BCUT2D eigenvalue weighted by Gasteiger charge is 2.25. The fourth-order valence-electron chi connectivity index (χ4n) is 3.59. The van der Waals surface area contributed by atoms with Crippen LogP contribution in [0, 0.1) is 11.6 Å². The zero-order valence-electron chi connectivity index (χ0n) is 17.0. The summed E-state index contributed by atoms with van der Waals surface area (Å²) < 4.78 is 28.3. The van der Waals surface area contributed by atoms with Crippen LogP contribution in [-0.2, 0) is 0 Å². The van der Waals surface area contributed by atoms with Gasteiger partial charge in [0.05, 0.1) is 29.1 Å². The van der Waals surface area contributed by atoms with Crippen molar-refractivity contribution in [3.05, 3.63) is 77.9 Å². The predicted octanol–water partition coefficient (Wildman–Crippen LogP) is 3.27. The summed E-state index contributed by atoms with van der Waals surface area (Å²) in [6.45, 7) is 0.820. The molecule has 3 aromatic rings. The number of aliphatic hydroxyl groups excluding tert-OH is 1. The van der Waals surface area contributed by atoms with Gasteiger partial charge in [-0.05, 0) is 48.7 Å². The maximum absolute atomic E-state index is 14.1. The van der Waals surface area contributed by atoms with Gasteiger partial charge in [-0.3, -0.25) is 19.6 Å². The highest BCUT2D eigenvalue weighted by Crippen LogP contribution is 2.26. The van der Waals surface area contributed by atoms with Crippen LogP contribution in [-0.4, -0.2) is 51.0 Å². The van der Waals surface area contributed by atoms with E-state index in [9.17, 15) is 23.5 Å². The Hall–Kier alpha value is -3.72. The van der Waals surface area contributed by atoms with Crippen LogP contribution >= 0.6 is 0 Å². The average Bonchev–Trinajstić information content (AvgIpc) is 2.79. The largest absolute Gasteiger partial charge is 0.393 e. The number of halogens is 2. The van der Waals surface area contributed by atoms with Gasteiger partial charge >= 0.3 is 0 Å². The minimum atomic E-state index is -0.755. The molecule has 1 aliphatic heterocycles. The zero-order valence-corrected chi connectivity index (χ0v) is 17.0. The first-order valence-corrected chi connectivity index (χ1v) is 10.1. The van der Waals surface area contributed by atoms with E-state index in [2.05, 4.69) is 15.3 Å². The van der Waals surface area contributed by atoms with E-state index >= 15 is 0 Å². The van der Waals surface area contributed by atoms with Crippen LogP contribution in [0.25, 0.3) is 11.1 Å². The number of likely N-dealkylation sites (tertiary alicyclic amines) is 1. The van der Waals surface area contributed by atoms with E-state index in [1.165, 1.54) is 42.9 Å². The molecule has 0 unspecified atom stereocenters. The van der Waals surface area contributed by atoms with Crippen molar-refractivity contribution in [1.29, 1.82) is 0 Å². The van der Waals surface area contributed by atoms with E-state index < -0.39 is 23.6 Å². The van der Waals surface area contributed by atoms with Crippen molar-refractivity contribution in [1.82, 2.24) is 14.9 Å². The smallest absolute Gasteiger partial charge is 0.274 e. The molecule has 0 spiro atoms. The van der Waals surface area contributed by atoms with Crippen LogP contribution in [0.1, 0.15) is 33.7 Å². The number of hydrogen-bond donors (Lipinski definition) is 2. The van der Waals surface area contributed by atoms with Crippen LogP contribution in [0.5, 0.6) is 0 Å². The summed E-state index contributed by atoms with van der Waals surface area (Å²) in [5.41, 5.74) is 0.274. The third-order valence-electron chi connectivity index (χ3n) is 5.30. The number of benzene rings is 1. The molecule has 32 heavy (non-hydrogen) atoms. The number of piperidine rings is 1. The maximum atomic E-state index is 14.1. The molecule has 164 valence electrons. The second-order valence-corrected chi connectivity index (χ2v) is 7.43. The second-order valence-electron chi connectivity index (χ2n) is 7.43. The molecular formula is C23H20F2N4O3. The Morgan fingerprint density at radius 1 is 1.06 bits per heavy atom. The third kappa shape index (κ3) is 4.47. The molecule has 9 heteroatoms. The van der Waals surface area contributed by atoms with E-state index in [1.54, 1.807) is 4.90 Å². The number of hydrogen-bond acceptors (Lipinski definition) is 5. The summed E-state index contributed by atoms with van der Waals surface area (Å²) in [6.07, 6.45) is 4.63. The van der Waals surface area contributed by atoms with Crippen molar-refractivity contribution in [2.24, 2.45) is 0 Å². The Kier molecular flexibility index (Phi) is 6.18. The van der Waals surface area contributed by atoms with Crippen LogP contribution in [0.2, 0.25) is 0 Å². The number of carbonyl (C=O) groups excluding carboxylic acids is 2. The summed E-state index contributed by atoms with van der Waals surface area (Å²) in [4.78, 5) is 35.3. The van der Waals surface area contributed by atoms with Gasteiger partial charge in [0.2, 0.25) is 0 Å². The molecule has 0 aliphatic carbocycles. The van der Waals surface area contributed by atoms with Gasteiger partial charge in [0, 0.05) is 25.5 Å². The zero-order chi connectivity index (χ0) is 22.7. The number of anilines is 1. The number of pyridine rings is 2. The lowest BCUT2D eigenvalue weighted by atomic mass is 10.0. The van der Waals surface area contributed by atoms with Crippen LogP contribution in [0.4, 0.5) is 14.5 Å². The Bertz CT molecular complexity index is 1140. The van der Waals surface area contributed by atoms with Crippen LogP contribution in [0.15, 0.2) is 55.0 Å². The lowest BCUT2D eigenvalue weighted by Gasteiger charge is -2.30. The van der Waals surface area contributed by atoms with E-state index in [4.69, 9.17) is 0 Å². The van der Waals surface area contributed by atoms with Crippen molar-refractivity contribution in [2.75, 3.05) is 18.4 Å². The van der Waals surface area contributed by atoms with Crippen molar-refractivity contribution >= 4 is 17.5 Å². The molecule has 2 amide bonds. The highest BCUT2D eigenvalue weighted by atomic mass is 19.1. The lowest BCUT2D eigenvalue weighted by molar-refractivity contribution is 0.0547. The first-order chi connectivity index (χ1) is 15.4. The molecule has 1 fully saturated rings. The summed E-state index contributed by atoms with van der Waals surface area (Å²) >= 11 is 0. The van der Waals surface area contributed by atoms with E-state index in [1.807, 2.05) is 0 Å². The second kappa shape index (κ2) is 9.19. The van der Waals surface area contributed by atoms with Gasteiger partial charge in [0.15, 0.2) is 0 Å². The Morgan fingerprint density at radius 3 is 2.50 bits per heavy atom. The third-order valence-corrected chi connectivity index (χ3v) is 5.30. The van der Waals surface area contributed by atoms with Crippen LogP contribution in [0.3, 0.4) is 0 Å². The number of carbonyl (C=O) groups is 2. The van der Waals surface area contributed by atoms with Crippen molar-refractivity contribution in [3.63, 3.8) is 0 Å². The molecule has 1 saturated heterocycles. The van der Waals surface area contributed by atoms with Crippen molar-refractivity contribution < 1.29 is 23.5 Å². The monoisotopic (exact) mass is 438 g/mol. The molecule has 7 nitrogen and oxygen atoms in total. The summed E-state index contributed by atoms with van der Waals surface area (Å²) in [7, 11) is 0. The lowest BCUT2D eigenvalue weighted by Crippen LogP contribution is -2.40. The molecule has 4 rings (SSSR count). The normalized spacial score (nSPS) is 14.3. The molecule has 0 radical (unpaired) electrons. The topological polar surface area (TPSA) is 95.4 Å². The minimum absolute atomic E-state index is 0.0755. The molecule has 2 aromatic heterocycles. The van der Waals surface area contributed by atoms with Gasteiger partial charge in [-0.25, -0.2) is 8.78 Å². The number of aliphatic hydroxyl groups is 1. The Labute approximate surface area is 182 Å². The van der Waals surface area contributed by atoms with Gasteiger partial charge < -0.3 is 15.3 Å². The number of nitrogens with zero attached hydrogens (tertiary/aromatic N) is 3. The maximum Gasteiger partial charge on any atom is 0.274 e.